The molecule has 0 saturated heterocycles. The molecule has 1 heterocycles. The number of rotatable bonds is 7. The van der Waals surface area contributed by atoms with Gasteiger partial charge in [-0.15, -0.1) is 0 Å². The summed E-state index contributed by atoms with van der Waals surface area (Å²) < 4.78 is 5.20. The Balaban J connectivity index is 2.03. The zero-order chi connectivity index (χ0) is 16.2. The summed E-state index contributed by atoms with van der Waals surface area (Å²) >= 11 is 0. The number of nitrogens with one attached hydrogen (secondary N) is 2. The monoisotopic (exact) mass is 302 g/mol. The predicted octanol–water partition coefficient (Wildman–Crippen LogP) is 2.52. The molecule has 0 aliphatic rings. The van der Waals surface area contributed by atoms with Gasteiger partial charge in [-0.25, -0.2) is 0 Å². The molecule has 0 unspecified atom stereocenters. The van der Waals surface area contributed by atoms with Crippen molar-refractivity contribution in [3.8, 4) is 17.0 Å². The number of aromatic nitrogens is 2. The van der Waals surface area contributed by atoms with Crippen LogP contribution in [0.25, 0.3) is 11.3 Å². The van der Waals surface area contributed by atoms with E-state index in [1.165, 1.54) is 5.56 Å². The molecule has 1 aromatic carbocycles. The summed E-state index contributed by atoms with van der Waals surface area (Å²) in [6, 6.07) is 8.00. The van der Waals surface area contributed by atoms with Crippen LogP contribution in [0.1, 0.15) is 19.4 Å². The second-order valence-electron chi connectivity index (χ2n) is 6.31. The summed E-state index contributed by atoms with van der Waals surface area (Å²) in [7, 11) is 5.87. The molecule has 0 amide bonds. The maximum Gasteiger partial charge on any atom is 0.118 e. The van der Waals surface area contributed by atoms with Crippen LogP contribution in [0.15, 0.2) is 30.5 Å². The second kappa shape index (κ2) is 6.94. The van der Waals surface area contributed by atoms with E-state index in [4.69, 9.17) is 4.74 Å². The number of nitrogens with zero attached hydrogens (tertiary/aromatic N) is 2. The molecule has 0 bridgehead atoms. The summed E-state index contributed by atoms with van der Waals surface area (Å²) in [6.45, 7) is 6.14. The SMILES string of the molecule is COc1ccc(-c2[nH]ncc2CNCC(C)(C)N(C)C)cc1. The van der Waals surface area contributed by atoms with Gasteiger partial charge in [0, 0.05) is 29.8 Å². The van der Waals surface area contributed by atoms with E-state index in [0.29, 0.717) is 0 Å². The van der Waals surface area contributed by atoms with E-state index in [0.717, 1.165) is 30.1 Å². The van der Waals surface area contributed by atoms with E-state index in [2.05, 4.69) is 48.4 Å². The Bertz CT molecular complexity index is 587. The Morgan fingerprint density at radius 2 is 1.91 bits per heavy atom. The van der Waals surface area contributed by atoms with Crippen molar-refractivity contribution in [1.82, 2.24) is 20.4 Å². The Labute approximate surface area is 132 Å². The smallest absolute Gasteiger partial charge is 0.118 e. The normalized spacial score (nSPS) is 11.9. The quantitative estimate of drug-likeness (QED) is 0.825. The Morgan fingerprint density at radius 3 is 2.50 bits per heavy atom. The molecule has 5 heteroatoms. The summed E-state index contributed by atoms with van der Waals surface area (Å²) in [5, 5.41) is 10.8. The lowest BCUT2D eigenvalue weighted by atomic mass is 10.0. The van der Waals surface area contributed by atoms with Gasteiger partial charge in [0.2, 0.25) is 0 Å². The third-order valence-corrected chi connectivity index (χ3v) is 4.18. The molecule has 0 radical (unpaired) electrons. The van der Waals surface area contributed by atoms with Crippen LogP contribution in [-0.2, 0) is 6.54 Å². The van der Waals surface area contributed by atoms with Crippen molar-refractivity contribution in [3.05, 3.63) is 36.0 Å². The minimum atomic E-state index is 0.115. The van der Waals surface area contributed by atoms with Crippen molar-refractivity contribution >= 4 is 0 Å². The number of benzene rings is 1. The fourth-order valence-electron chi connectivity index (χ4n) is 2.11. The number of H-pyrrole nitrogens is 1. The van der Waals surface area contributed by atoms with Gasteiger partial charge < -0.3 is 15.0 Å². The molecule has 0 aliphatic carbocycles. The van der Waals surface area contributed by atoms with Crippen LogP contribution in [-0.4, -0.2) is 48.4 Å². The average Bonchev–Trinajstić information content (AvgIpc) is 2.95. The van der Waals surface area contributed by atoms with Crippen LogP contribution < -0.4 is 10.1 Å². The minimum absolute atomic E-state index is 0.115. The molecule has 0 fully saturated rings. The Morgan fingerprint density at radius 1 is 1.23 bits per heavy atom. The minimum Gasteiger partial charge on any atom is -0.497 e. The van der Waals surface area contributed by atoms with Crippen LogP contribution in [0.5, 0.6) is 5.75 Å². The van der Waals surface area contributed by atoms with Crippen LogP contribution >= 0.6 is 0 Å². The number of hydrogen-bond acceptors (Lipinski definition) is 4. The molecular weight excluding hydrogens is 276 g/mol. The second-order valence-corrected chi connectivity index (χ2v) is 6.31. The van der Waals surface area contributed by atoms with Crippen LogP contribution in [0, 0.1) is 0 Å². The highest BCUT2D eigenvalue weighted by molar-refractivity contribution is 5.63. The van der Waals surface area contributed by atoms with E-state index >= 15 is 0 Å². The van der Waals surface area contributed by atoms with Crippen molar-refractivity contribution in [3.63, 3.8) is 0 Å². The first-order chi connectivity index (χ1) is 10.4. The van der Waals surface area contributed by atoms with Gasteiger partial charge in [0.15, 0.2) is 0 Å². The zero-order valence-corrected chi connectivity index (χ0v) is 14.1. The number of hydrogen-bond donors (Lipinski definition) is 2. The van der Waals surface area contributed by atoms with E-state index in [1.54, 1.807) is 7.11 Å². The van der Waals surface area contributed by atoms with Gasteiger partial charge in [-0.05, 0) is 52.2 Å². The largest absolute Gasteiger partial charge is 0.497 e. The Kier molecular flexibility index (Phi) is 5.21. The van der Waals surface area contributed by atoms with E-state index in [9.17, 15) is 0 Å². The summed E-state index contributed by atoms with van der Waals surface area (Å²) in [5.41, 5.74) is 3.45. The number of aromatic amines is 1. The molecule has 2 aromatic rings. The molecule has 0 saturated carbocycles. The maximum atomic E-state index is 5.20. The van der Waals surface area contributed by atoms with Crippen molar-refractivity contribution in [2.24, 2.45) is 0 Å². The number of likely N-dealkylation sites (N-methyl/N-ethyl adjacent to an activating group) is 1. The van der Waals surface area contributed by atoms with Crippen molar-refractivity contribution in [1.29, 1.82) is 0 Å². The molecular formula is C17H26N4O. The molecule has 5 nitrogen and oxygen atoms in total. The van der Waals surface area contributed by atoms with Gasteiger partial charge >= 0.3 is 0 Å². The van der Waals surface area contributed by atoms with Crippen molar-refractivity contribution in [2.45, 2.75) is 25.9 Å². The highest BCUT2D eigenvalue weighted by atomic mass is 16.5. The number of methoxy groups -OCH3 is 1. The standard InChI is InChI=1S/C17H26N4O/c1-17(2,21(3)4)12-18-10-14-11-19-20-16(14)13-6-8-15(22-5)9-7-13/h6-9,11,18H,10,12H2,1-5H3,(H,19,20). The zero-order valence-electron chi connectivity index (χ0n) is 14.1. The predicted molar refractivity (Wildman–Crippen MR) is 90.0 cm³/mol. The van der Waals surface area contributed by atoms with Gasteiger partial charge in [0.25, 0.3) is 0 Å². The lowest BCUT2D eigenvalue weighted by Gasteiger charge is -2.32. The van der Waals surface area contributed by atoms with Crippen molar-refractivity contribution < 1.29 is 4.74 Å². The lowest BCUT2D eigenvalue weighted by molar-refractivity contribution is 0.190. The fourth-order valence-corrected chi connectivity index (χ4v) is 2.11. The van der Waals surface area contributed by atoms with Crippen LogP contribution in [0.3, 0.4) is 0 Å². The van der Waals surface area contributed by atoms with Crippen LogP contribution in [0.4, 0.5) is 0 Å². The first-order valence-corrected chi connectivity index (χ1v) is 7.49. The molecule has 120 valence electrons. The topological polar surface area (TPSA) is 53.2 Å². The van der Waals surface area contributed by atoms with E-state index in [-0.39, 0.29) is 5.54 Å². The van der Waals surface area contributed by atoms with E-state index < -0.39 is 0 Å². The van der Waals surface area contributed by atoms with E-state index in [1.807, 2.05) is 30.5 Å². The average molecular weight is 302 g/mol. The molecule has 0 aliphatic heterocycles. The van der Waals surface area contributed by atoms with Gasteiger partial charge in [0.05, 0.1) is 19.0 Å². The molecule has 2 N–H and O–H groups in total. The molecule has 0 atom stereocenters. The summed E-state index contributed by atoms with van der Waals surface area (Å²) in [5.74, 6) is 0.857. The van der Waals surface area contributed by atoms with Crippen molar-refractivity contribution in [2.75, 3.05) is 27.7 Å². The highest BCUT2D eigenvalue weighted by Gasteiger charge is 2.19. The first kappa shape index (κ1) is 16.5. The molecule has 22 heavy (non-hydrogen) atoms. The third kappa shape index (κ3) is 3.87. The summed E-state index contributed by atoms with van der Waals surface area (Å²) in [6.07, 6.45) is 1.88. The number of ether oxygens (including phenoxy) is 1. The van der Waals surface area contributed by atoms with Gasteiger partial charge in [-0.3, -0.25) is 5.10 Å². The third-order valence-electron chi connectivity index (χ3n) is 4.18. The van der Waals surface area contributed by atoms with Gasteiger partial charge in [-0.1, -0.05) is 0 Å². The molecule has 2 rings (SSSR count). The Hall–Kier alpha value is -1.85. The molecule has 0 spiro atoms. The summed E-state index contributed by atoms with van der Waals surface area (Å²) in [4.78, 5) is 2.22. The van der Waals surface area contributed by atoms with Crippen LogP contribution in [0.2, 0.25) is 0 Å². The first-order valence-electron chi connectivity index (χ1n) is 7.49. The maximum absolute atomic E-state index is 5.20. The lowest BCUT2D eigenvalue weighted by Crippen LogP contribution is -2.46. The van der Waals surface area contributed by atoms with Gasteiger partial charge in [-0.2, -0.15) is 5.10 Å². The van der Waals surface area contributed by atoms with Gasteiger partial charge in [0.1, 0.15) is 5.75 Å². The highest BCUT2D eigenvalue weighted by Crippen LogP contribution is 2.23. The molecule has 1 aromatic heterocycles. The fraction of sp³-hybridized carbons (Fsp3) is 0.471.